The van der Waals surface area contributed by atoms with Crippen LogP contribution in [0.15, 0.2) is 31.4 Å². The molecule has 0 radical (unpaired) electrons. The van der Waals surface area contributed by atoms with Crippen LogP contribution >= 0.6 is 0 Å². The van der Waals surface area contributed by atoms with Gasteiger partial charge in [-0.05, 0) is 56.9 Å². The molecule has 2 rings (SSSR count). The molecule has 1 aliphatic heterocycles. The summed E-state index contributed by atoms with van der Waals surface area (Å²) in [5, 5.41) is 2.88. The number of benzene rings is 1. The Kier molecular flexibility index (Phi) is 6.24. The first-order valence-corrected chi connectivity index (χ1v) is 8.91. The Bertz CT molecular complexity index is 696. The number of likely N-dealkylation sites (tertiary alicyclic amines) is 1. The number of hydrogen-bond donors (Lipinski definition) is 1. The molecule has 1 aromatic rings. The number of rotatable bonds is 4. The summed E-state index contributed by atoms with van der Waals surface area (Å²) in [5.74, 6) is -0.000527. The van der Waals surface area contributed by atoms with Crippen LogP contribution in [0.1, 0.15) is 55.1 Å². The lowest BCUT2D eigenvalue weighted by Crippen LogP contribution is -2.47. The van der Waals surface area contributed by atoms with Crippen molar-refractivity contribution in [3.63, 3.8) is 0 Å². The van der Waals surface area contributed by atoms with Crippen molar-refractivity contribution in [2.24, 2.45) is 0 Å². The highest BCUT2D eigenvalue weighted by Gasteiger charge is 2.26. The van der Waals surface area contributed by atoms with Gasteiger partial charge in [-0.2, -0.15) is 0 Å². The number of carbonyl (C=O) groups is 2. The first kappa shape index (κ1) is 19.8. The van der Waals surface area contributed by atoms with Crippen LogP contribution in [0.25, 0.3) is 12.2 Å². The van der Waals surface area contributed by atoms with E-state index in [4.69, 9.17) is 4.74 Å². The molecular weight excluding hydrogens is 328 g/mol. The van der Waals surface area contributed by atoms with Crippen molar-refractivity contribution in [1.82, 2.24) is 10.2 Å². The van der Waals surface area contributed by atoms with Crippen LogP contribution in [0.2, 0.25) is 0 Å². The third-order valence-corrected chi connectivity index (χ3v) is 4.28. The SMILES string of the molecule is C=Cc1ccc(C(=O)N2CCC(NC(=O)OC(C)(C)C)CC2)cc1C=C. The van der Waals surface area contributed by atoms with E-state index in [2.05, 4.69) is 18.5 Å². The van der Waals surface area contributed by atoms with E-state index in [1.54, 1.807) is 12.2 Å². The van der Waals surface area contributed by atoms with Gasteiger partial charge in [-0.1, -0.05) is 31.4 Å². The summed E-state index contributed by atoms with van der Waals surface area (Å²) in [6.07, 6.45) is 4.50. The van der Waals surface area contributed by atoms with E-state index in [1.807, 2.05) is 43.9 Å². The summed E-state index contributed by atoms with van der Waals surface area (Å²) < 4.78 is 5.28. The van der Waals surface area contributed by atoms with E-state index < -0.39 is 11.7 Å². The summed E-state index contributed by atoms with van der Waals surface area (Å²) in [6.45, 7) is 14.3. The molecule has 0 saturated carbocycles. The number of nitrogens with zero attached hydrogens (tertiary/aromatic N) is 1. The van der Waals surface area contributed by atoms with Gasteiger partial charge in [0.2, 0.25) is 0 Å². The summed E-state index contributed by atoms with van der Waals surface area (Å²) >= 11 is 0. The Labute approximate surface area is 155 Å². The zero-order valence-electron chi connectivity index (χ0n) is 15.9. The zero-order valence-corrected chi connectivity index (χ0v) is 15.9. The predicted octanol–water partition coefficient (Wildman–Crippen LogP) is 4.10. The molecule has 1 heterocycles. The van der Waals surface area contributed by atoms with Gasteiger partial charge in [-0.25, -0.2) is 4.79 Å². The molecule has 5 heteroatoms. The van der Waals surface area contributed by atoms with E-state index in [1.165, 1.54) is 0 Å². The fourth-order valence-corrected chi connectivity index (χ4v) is 2.95. The summed E-state index contributed by atoms with van der Waals surface area (Å²) in [7, 11) is 0. The van der Waals surface area contributed by atoms with Crippen molar-refractivity contribution >= 4 is 24.2 Å². The molecule has 1 saturated heterocycles. The molecule has 0 spiro atoms. The molecule has 1 fully saturated rings. The number of hydrogen-bond acceptors (Lipinski definition) is 3. The number of piperidine rings is 1. The largest absolute Gasteiger partial charge is 0.444 e. The van der Waals surface area contributed by atoms with E-state index >= 15 is 0 Å². The van der Waals surface area contributed by atoms with Crippen LogP contribution in [-0.2, 0) is 4.74 Å². The number of carbonyl (C=O) groups excluding carboxylic acids is 2. The third kappa shape index (κ3) is 5.22. The Morgan fingerprint density at radius 3 is 2.31 bits per heavy atom. The number of nitrogens with one attached hydrogen (secondary N) is 1. The number of alkyl carbamates (subject to hydrolysis) is 1. The lowest BCUT2D eigenvalue weighted by molar-refractivity contribution is 0.0473. The van der Waals surface area contributed by atoms with Gasteiger partial charge in [0.25, 0.3) is 5.91 Å². The van der Waals surface area contributed by atoms with Gasteiger partial charge in [-0.3, -0.25) is 4.79 Å². The highest BCUT2D eigenvalue weighted by molar-refractivity contribution is 5.95. The first-order chi connectivity index (χ1) is 12.2. The van der Waals surface area contributed by atoms with E-state index in [0.29, 0.717) is 31.5 Å². The molecule has 1 N–H and O–H groups in total. The van der Waals surface area contributed by atoms with Crippen LogP contribution in [-0.4, -0.2) is 41.6 Å². The van der Waals surface area contributed by atoms with Crippen molar-refractivity contribution in [1.29, 1.82) is 0 Å². The maximum Gasteiger partial charge on any atom is 0.407 e. The summed E-state index contributed by atoms with van der Waals surface area (Å²) in [6, 6.07) is 5.57. The zero-order chi connectivity index (χ0) is 19.3. The molecule has 26 heavy (non-hydrogen) atoms. The molecule has 0 aliphatic carbocycles. The average molecular weight is 356 g/mol. The van der Waals surface area contributed by atoms with Crippen molar-refractivity contribution in [2.75, 3.05) is 13.1 Å². The molecule has 0 aromatic heterocycles. The molecule has 140 valence electrons. The fraction of sp³-hybridized carbons (Fsp3) is 0.429. The van der Waals surface area contributed by atoms with Gasteiger partial charge in [0.15, 0.2) is 0 Å². The maximum atomic E-state index is 12.7. The molecule has 0 unspecified atom stereocenters. The Hall–Kier alpha value is -2.56. The van der Waals surface area contributed by atoms with Gasteiger partial charge < -0.3 is 15.0 Å². The molecule has 2 amide bonds. The van der Waals surface area contributed by atoms with Gasteiger partial charge in [0.05, 0.1) is 0 Å². The lowest BCUT2D eigenvalue weighted by atomic mass is 10.0. The van der Waals surface area contributed by atoms with Crippen molar-refractivity contribution in [2.45, 2.75) is 45.3 Å². The van der Waals surface area contributed by atoms with Gasteiger partial charge in [-0.15, -0.1) is 0 Å². The van der Waals surface area contributed by atoms with Gasteiger partial charge in [0, 0.05) is 24.7 Å². The second-order valence-corrected chi connectivity index (χ2v) is 7.46. The van der Waals surface area contributed by atoms with Crippen molar-refractivity contribution in [3.8, 4) is 0 Å². The highest BCUT2D eigenvalue weighted by Crippen LogP contribution is 2.19. The van der Waals surface area contributed by atoms with Crippen LogP contribution in [0.4, 0.5) is 4.79 Å². The Balaban J connectivity index is 1.93. The van der Waals surface area contributed by atoms with E-state index in [9.17, 15) is 9.59 Å². The maximum absolute atomic E-state index is 12.7. The second-order valence-electron chi connectivity index (χ2n) is 7.46. The molecular formula is C21H28N2O3. The molecule has 1 aromatic carbocycles. The lowest BCUT2D eigenvalue weighted by Gasteiger charge is -2.33. The topological polar surface area (TPSA) is 58.6 Å². The number of ether oxygens (including phenoxy) is 1. The van der Waals surface area contributed by atoms with E-state index in [-0.39, 0.29) is 11.9 Å². The fourth-order valence-electron chi connectivity index (χ4n) is 2.95. The Morgan fingerprint density at radius 1 is 1.15 bits per heavy atom. The van der Waals surface area contributed by atoms with Crippen LogP contribution in [0, 0.1) is 0 Å². The molecule has 0 atom stereocenters. The minimum Gasteiger partial charge on any atom is -0.444 e. The first-order valence-electron chi connectivity index (χ1n) is 8.91. The van der Waals surface area contributed by atoms with Crippen LogP contribution in [0.3, 0.4) is 0 Å². The molecule has 5 nitrogen and oxygen atoms in total. The van der Waals surface area contributed by atoms with Crippen molar-refractivity contribution < 1.29 is 14.3 Å². The predicted molar refractivity (Wildman–Crippen MR) is 105 cm³/mol. The van der Waals surface area contributed by atoms with Gasteiger partial charge >= 0.3 is 6.09 Å². The molecule has 0 bridgehead atoms. The second kappa shape index (κ2) is 8.21. The summed E-state index contributed by atoms with van der Waals surface area (Å²) in [5.41, 5.74) is 1.98. The van der Waals surface area contributed by atoms with Crippen LogP contribution < -0.4 is 5.32 Å². The Morgan fingerprint density at radius 2 is 1.77 bits per heavy atom. The normalized spacial score (nSPS) is 15.3. The van der Waals surface area contributed by atoms with Gasteiger partial charge in [0.1, 0.15) is 5.60 Å². The third-order valence-electron chi connectivity index (χ3n) is 4.28. The summed E-state index contributed by atoms with van der Waals surface area (Å²) in [4.78, 5) is 26.4. The minimum atomic E-state index is -0.513. The number of amides is 2. The minimum absolute atomic E-state index is 0.000527. The van der Waals surface area contributed by atoms with E-state index in [0.717, 1.165) is 11.1 Å². The van der Waals surface area contributed by atoms with Crippen molar-refractivity contribution in [3.05, 3.63) is 48.0 Å². The highest BCUT2D eigenvalue weighted by atomic mass is 16.6. The standard InChI is InChI=1S/C21H28N2O3/c1-6-15-8-9-17(14-16(15)7-2)19(24)23-12-10-18(11-13-23)22-20(25)26-21(3,4)5/h6-9,14,18H,1-2,10-13H2,3-5H3,(H,22,25). The average Bonchev–Trinajstić information content (AvgIpc) is 2.59. The smallest absolute Gasteiger partial charge is 0.407 e. The quantitative estimate of drug-likeness (QED) is 0.883. The monoisotopic (exact) mass is 356 g/mol. The molecule has 1 aliphatic rings. The van der Waals surface area contributed by atoms with Crippen LogP contribution in [0.5, 0.6) is 0 Å².